The average Bonchev–Trinajstić information content (AvgIpc) is 3.11. The summed E-state index contributed by atoms with van der Waals surface area (Å²) in [6, 6.07) is 8.12. The van der Waals surface area contributed by atoms with Crippen molar-refractivity contribution in [2.24, 2.45) is 5.92 Å². The SMILES string of the molecule is Cc1ccc(C(=O)O)c2c1N[C@H](c1ccc(Cl)c([N+](=O)[O-])c1)[C@H]1CC=C[C@H]21. The summed E-state index contributed by atoms with van der Waals surface area (Å²) in [5.74, 6) is -0.919. The lowest BCUT2D eigenvalue weighted by molar-refractivity contribution is -0.384. The molecule has 2 aliphatic rings. The number of hydrogen-bond donors (Lipinski definition) is 2. The van der Waals surface area contributed by atoms with Crippen molar-refractivity contribution < 1.29 is 14.8 Å². The quantitative estimate of drug-likeness (QED) is 0.437. The minimum atomic E-state index is -0.951. The third kappa shape index (κ3) is 2.77. The largest absolute Gasteiger partial charge is 0.478 e. The van der Waals surface area contributed by atoms with E-state index in [1.54, 1.807) is 24.3 Å². The van der Waals surface area contributed by atoms with Crippen molar-refractivity contribution in [3.63, 3.8) is 0 Å². The second-order valence-electron chi connectivity index (χ2n) is 6.97. The molecule has 0 aromatic heterocycles. The lowest BCUT2D eigenvalue weighted by atomic mass is 9.74. The van der Waals surface area contributed by atoms with Crippen LogP contribution in [0.1, 0.15) is 45.4 Å². The zero-order valence-electron chi connectivity index (χ0n) is 14.5. The van der Waals surface area contributed by atoms with Crippen LogP contribution in [0.3, 0.4) is 0 Å². The minimum absolute atomic E-state index is 0.0491. The van der Waals surface area contributed by atoms with E-state index in [2.05, 4.69) is 11.4 Å². The summed E-state index contributed by atoms with van der Waals surface area (Å²) >= 11 is 5.96. The Labute approximate surface area is 160 Å². The summed E-state index contributed by atoms with van der Waals surface area (Å²) in [5, 5.41) is 24.5. The Bertz CT molecular complexity index is 1000. The van der Waals surface area contributed by atoms with Gasteiger partial charge in [0.2, 0.25) is 0 Å². The van der Waals surface area contributed by atoms with Gasteiger partial charge in [0.1, 0.15) is 5.02 Å². The first-order valence-electron chi connectivity index (χ1n) is 8.62. The van der Waals surface area contributed by atoms with Crippen LogP contribution in [0, 0.1) is 23.0 Å². The Kier molecular flexibility index (Phi) is 4.15. The Balaban J connectivity index is 1.86. The molecule has 4 rings (SSSR count). The number of carbonyl (C=O) groups is 1. The molecule has 0 unspecified atom stereocenters. The Hall–Kier alpha value is -2.86. The molecule has 1 aliphatic heterocycles. The van der Waals surface area contributed by atoms with E-state index in [1.807, 2.05) is 13.0 Å². The number of fused-ring (bicyclic) bond motifs is 3. The second kappa shape index (κ2) is 6.39. The fraction of sp³-hybridized carbons (Fsp3) is 0.250. The number of hydrogen-bond acceptors (Lipinski definition) is 4. The van der Waals surface area contributed by atoms with Gasteiger partial charge >= 0.3 is 5.97 Å². The number of nitrogens with one attached hydrogen (secondary N) is 1. The Morgan fingerprint density at radius 2 is 2.11 bits per heavy atom. The second-order valence-corrected chi connectivity index (χ2v) is 7.37. The van der Waals surface area contributed by atoms with Gasteiger partial charge in [0, 0.05) is 17.7 Å². The highest BCUT2D eigenvalue weighted by Crippen LogP contribution is 2.52. The first-order chi connectivity index (χ1) is 12.9. The molecule has 138 valence electrons. The van der Waals surface area contributed by atoms with E-state index in [1.165, 1.54) is 6.07 Å². The number of carboxylic acid groups (broad SMARTS) is 1. The molecule has 2 N–H and O–H groups in total. The minimum Gasteiger partial charge on any atom is -0.478 e. The number of nitrogens with zero attached hydrogens (tertiary/aromatic N) is 1. The highest BCUT2D eigenvalue weighted by atomic mass is 35.5. The van der Waals surface area contributed by atoms with Crippen LogP contribution in [0.5, 0.6) is 0 Å². The number of aromatic carboxylic acids is 1. The first kappa shape index (κ1) is 17.5. The van der Waals surface area contributed by atoms with Crippen molar-refractivity contribution in [3.05, 3.63) is 79.9 Å². The van der Waals surface area contributed by atoms with Gasteiger partial charge in [-0.2, -0.15) is 0 Å². The fourth-order valence-corrected chi connectivity index (χ4v) is 4.42. The first-order valence-corrected chi connectivity index (χ1v) is 9.00. The Morgan fingerprint density at radius 3 is 2.81 bits per heavy atom. The number of anilines is 1. The summed E-state index contributed by atoms with van der Waals surface area (Å²) in [4.78, 5) is 22.5. The van der Waals surface area contributed by atoms with Gasteiger partial charge in [-0.3, -0.25) is 10.1 Å². The van der Waals surface area contributed by atoms with Crippen LogP contribution < -0.4 is 5.32 Å². The van der Waals surface area contributed by atoms with Gasteiger partial charge in [0.25, 0.3) is 5.69 Å². The number of aryl methyl sites for hydroxylation is 1. The van der Waals surface area contributed by atoms with E-state index < -0.39 is 10.9 Å². The smallest absolute Gasteiger partial charge is 0.336 e. The van der Waals surface area contributed by atoms with E-state index in [0.29, 0.717) is 5.56 Å². The third-order valence-electron chi connectivity index (χ3n) is 5.48. The van der Waals surface area contributed by atoms with Gasteiger partial charge in [-0.25, -0.2) is 4.79 Å². The van der Waals surface area contributed by atoms with Crippen LogP contribution in [0.4, 0.5) is 11.4 Å². The monoisotopic (exact) mass is 384 g/mol. The molecule has 0 fully saturated rings. The molecule has 2 aromatic rings. The summed E-state index contributed by atoms with van der Waals surface area (Å²) in [5.41, 5.74) is 3.48. The number of allylic oxidation sites excluding steroid dienone is 2. The van der Waals surface area contributed by atoms with Crippen LogP contribution in [0.2, 0.25) is 5.02 Å². The molecule has 3 atom stereocenters. The van der Waals surface area contributed by atoms with Gasteiger partial charge in [-0.1, -0.05) is 35.9 Å². The molecule has 0 spiro atoms. The zero-order valence-corrected chi connectivity index (χ0v) is 15.2. The summed E-state index contributed by atoms with van der Waals surface area (Å²) in [6.45, 7) is 1.93. The molecule has 0 saturated carbocycles. The number of carboxylic acids is 1. The molecule has 0 saturated heterocycles. The van der Waals surface area contributed by atoms with E-state index in [0.717, 1.165) is 28.8 Å². The average molecular weight is 385 g/mol. The van der Waals surface area contributed by atoms with Crippen molar-refractivity contribution in [2.75, 3.05) is 5.32 Å². The van der Waals surface area contributed by atoms with E-state index >= 15 is 0 Å². The normalized spacial score (nSPS) is 22.7. The highest BCUT2D eigenvalue weighted by Gasteiger charge is 2.41. The fourth-order valence-electron chi connectivity index (χ4n) is 4.23. The molecular weight excluding hydrogens is 368 g/mol. The van der Waals surface area contributed by atoms with E-state index in [4.69, 9.17) is 11.6 Å². The highest BCUT2D eigenvalue weighted by molar-refractivity contribution is 6.32. The molecule has 7 heteroatoms. The third-order valence-corrected chi connectivity index (χ3v) is 5.80. The van der Waals surface area contributed by atoms with E-state index in [-0.39, 0.29) is 28.6 Å². The molecule has 0 radical (unpaired) electrons. The molecule has 0 amide bonds. The van der Waals surface area contributed by atoms with Crippen LogP contribution in [-0.4, -0.2) is 16.0 Å². The van der Waals surface area contributed by atoms with Gasteiger partial charge in [-0.05, 0) is 48.1 Å². The van der Waals surface area contributed by atoms with Crippen LogP contribution in [-0.2, 0) is 0 Å². The van der Waals surface area contributed by atoms with Crippen molar-refractivity contribution in [1.29, 1.82) is 0 Å². The molecule has 27 heavy (non-hydrogen) atoms. The maximum Gasteiger partial charge on any atom is 0.336 e. The van der Waals surface area contributed by atoms with Crippen molar-refractivity contribution in [1.82, 2.24) is 0 Å². The van der Waals surface area contributed by atoms with Crippen molar-refractivity contribution in [3.8, 4) is 0 Å². The summed E-state index contributed by atoms with van der Waals surface area (Å²) in [6.07, 6.45) is 4.87. The molecule has 6 nitrogen and oxygen atoms in total. The van der Waals surface area contributed by atoms with Gasteiger partial charge in [0.05, 0.1) is 16.5 Å². The van der Waals surface area contributed by atoms with Crippen molar-refractivity contribution >= 4 is 28.9 Å². The number of nitro groups is 1. The van der Waals surface area contributed by atoms with Crippen LogP contribution >= 0.6 is 11.6 Å². The lowest BCUT2D eigenvalue weighted by Crippen LogP contribution is -2.31. The number of nitro benzene ring substituents is 1. The summed E-state index contributed by atoms with van der Waals surface area (Å²) < 4.78 is 0. The lowest BCUT2D eigenvalue weighted by Gasteiger charge is -2.39. The predicted molar refractivity (Wildman–Crippen MR) is 103 cm³/mol. The Morgan fingerprint density at radius 1 is 1.33 bits per heavy atom. The van der Waals surface area contributed by atoms with Gasteiger partial charge in [0.15, 0.2) is 0 Å². The van der Waals surface area contributed by atoms with Gasteiger partial charge in [-0.15, -0.1) is 0 Å². The predicted octanol–water partition coefficient (Wildman–Crippen LogP) is 5.08. The molecular formula is C20H17ClN2O4. The number of rotatable bonds is 3. The topological polar surface area (TPSA) is 92.5 Å². The van der Waals surface area contributed by atoms with E-state index in [9.17, 15) is 20.0 Å². The zero-order chi connectivity index (χ0) is 19.3. The van der Waals surface area contributed by atoms with Crippen LogP contribution in [0.15, 0.2) is 42.5 Å². The van der Waals surface area contributed by atoms with Crippen LogP contribution in [0.25, 0.3) is 0 Å². The van der Waals surface area contributed by atoms with Gasteiger partial charge < -0.3 is 10.4 Å². The molecule has 0 bridgehead atoms. The molecule has 2 aromatic carbocycles. The maximum absolute atomic E-state index is 11.7. The maximum atomic E-state index is 11.7. The molecule has 1 heterocycles. The van der Waals surface area contributed by atoms with Crippen molar-refractivity contribution in [2.45, 2.75) is 25.3 Å². The molecule has 1 aliphatic carbocycles. The summed E-state index contributed by atoms with van der Waals surface area (Å²) in [7, 11) is 0. The number of halogens is 1. The standard InChI is InChI=1S/C20H17ClN2O4/c1-10-5-7-14(20(24)25)17-12-3-2-4-13(12)19(22-18(10)17)11-6-8-15(21)16(9-11)23(26)27/h2-3,5-9,12-13,19,22H,4H2,1H3,(H,24,25)/t12-,13-,19+/m0/s1. The number of benzene rings is 2.